The van der Waals surface area contributed by atoms with E-state index in [2.05, 4.69) is 10.2 Å². The molecule has 2 fully saturated rings. The first kappa shape index (κ1) is 23.8. The van der Waals surface area contributed by atoms with E-state index in [-0.39, 0.29) is 23.8 Å². The molecule has 2 heterocycles. The number of hydrogen-bond acceptors (Lipinski definition) is 5. The van der Waals surface area contributed by atoms with Crippen LogP contribution < -0.4 is 10.2 Å². The molecule has 1 N–H and O–H groups in total. The smallest absolute Gasteiger partial charge is 0.228 e. The summed E-state index contributed by atoms with van der Waals surface area (Å²) in [7, 11) is 4.01. The molecule has 1 aliphatic heterocycles. The fourth-order valence-corrected chi connectivity index (χ4v) is 5.52. The van der Waals surface area contributed by atoms with Crippen molar-refractivity contribution in [2.75, 3.05) is 37.5 Å². The van der Waals surface area contributed by atoms with Gasteiger partial charge < -0.3 is 19.9 Å². The van der Waals surface area contributed by atoms with Crippen LogP contribution in [0.3, 0.4) is 0 Å². The molecular weight excluding hydrogens is 434 g/mol. The van der Waals surface area contributed by atoms with Gasteiger partial charge in [0.1, 0.15) is 0 Å². The first-order valence-corrected chi connectivity index (χ1v) is 12.9. The number of amides is 2. The average Bonchev–Trinajstić information content (AvgIpc) is 3.56. The maximum atomic E-state index is 13.3. The van der Waals surface area contributed by atoms with E-state index in [1.165, 1.54) is 0 Å². The highest BCUT2D eigenvalue weighted by molar-refractivity contribution is 7.10. The summed E-state index contributed by atoms with van der Waals surface area (Å²) in [5.74, 6) is 0.337. The fourth-order valence-electron chi connectivity index (χ4n) is 4.83. The Kier molecular flexibility index (Phi) is 8.04. The molecule has 1 aromatic carbocycles. The summed E-state index contributed by atoms with van der Waals surface area (Å²) in [5, 5.41) is 5.13. The minimum absolute atomic E-state index is 0.0883. The standard InChI is InChI=1S/C26H35N3O3S/c1-28(2)24-12-11-21(27-26(31)19-7-3-4-8-19)15-20(24)17-29(18-22-9-5-13-32-22)25(30)16-23-10-6-14-33-23/h6,10-12,14-15,19,22H,3-5,7-9,13,16-18H2,1-2H3,(H,27,31). The Hall–Kier alpha value is -2.38. The lowest BCUT2D eigenvalue weighted by atomic mass is 10.1. The molecule has 4 rings (SSSR count). The molecule has 33 heavy (non-hydrogen) atoms. The predicted molar refractivity (Wildman–Crippen MR) is 134 cm³/mol. The monoisotopic (exact) mass is 469 g/mol. The third-order valence-electron chi connectivity index (χ3n) is 6.62. The second-order valence-electron chi connectivity index (χ2n) is 9.37. The number of carbonyl (C=O) groups excluding carboxylic acids is 2. The number of benzene rings is 1. The molecule has 0 spiro atoms. The quantitative estimate of drug-likeness (QED) is 0.579. The van der Waals surface area contributed by atoms with Crippen LogP contribution in [0.5, 0.6) is 0 Å². The largest absolute Gasteiger partial charge is 0.377 e. The number of thiophene rings is 1. The van der Waals surface area contributed by atoms with E-state index in [9.17, 15) is 9.59 Å². The van der Waals surface area contributed by atoms with Gasteiger partial charge >= 0.3 is 0 Å². The molecule has 0 radical (unpaired) electrons. The van der Waals surface area contributed by atoms with Crippen LogP contribution in [0, 0.1) is 5.92 Å². The van der Waals surface area contributed by atoms with E-state index in [1.807, 2.05) is 54.7 Å². The van der Waals surface area contributed by atoms with Crippen molar-refractivity contribution in [1.29, 1.82) is 0 Å². The second-order valence-corrected chi connectivity index (χ2v) is 10.4. The number of hydrogen-bond donors (Lipinski definition) is 1. The van der Waals surface area contributed by atoms with Crippen LogP contribution in [0.25, 0.3) is 0 Å². The first-order valence-electron chi connectivity index (χ1n) is 12.0. The van der Waals surface area contributed by atoms with Gasteiger partial charge in [0.15, 0.2) is 0 Å². The van der Waals surface area contributed by atoms with Crippen molar-refractivity contribution in [3.63, 3.8) is 0 Å². The van der Waals surface area contributed by atoms with Crippen LogP contribution in [-0.2, 0) is 27.3 Å². The van der Waals surface area contributed by atoms with E-state index in [4.69, 9.17) is 4.74 Å². The Morgan fingerprint density at radius 1 is 1.12 bits per heavy atom. The summed E-state index contributed by atoms with van der Waals surface area (Å²) < 4.78 is 5.86. The molecule has 6 nitrogen and oxygen atoms in total. The SMILES string of the molecule is CN(C)c1ccc(NC(=O)C2CCCC2)cc1CN(CC1CCCO1)C(=O)Cc1cccs1. The molecule has 1 aromatic heterocycles. The molecule has 1 aliphatic carbocycles. The summed E-state index contributed by atoms with van der Waals surface area (Å²) in [6.45, 7) is 1.85. The molecule has 1 atom stereocenters. The van der Waals surface area contributed by atoms with Gasteiger partial charge in [0.05, 0.1) is 12.5 Å². The van der Waals surface area contributed by atoms with E-state index in [0.717, 1.165) is 66.9 Å². The first-order chi connectivity index (χ1) is 16.0. The van der Waals surface area contributed by atoms with Gasteiger partial charge in [0.2, 0.25) is 11.8 Å². The van der Waals surface area contributed by atoms with Crippen molar-refractivity contribution in [2.45, 2.75) is 57.6 Å². The zero-order chi connectivity index (χ0) is 23.2. The summed E-state index contributed by atoms with van der Waals surface area (Å²) in [6, 6.07) is 10.0. The zero-order valence-electron chi connectivity index (χ0n) is 19.7. The van der Waals surface area contributed by atoms with Gasteiger partial charge in [-0.05, 0) is 60.9 Å². The Morgan fingerprint density at radius 2 is 1.94 bits per heavy atom. The van der Waals surface area contributed by atoms with Gasteiger partial charge in [-0.15, -0.1) is 11.3 Å². The number of ether oxygens (including phenoxy) is 1. The van der Waals surface area contributed by atoms with Crippen LogP contribution in [0.1, 0.15) is 49.0 Å². The maximum absolute atomic E-state index is 13.3. The Balaban J connectivity index is 1.54. The number of nitrogens with zero attached hydrogens (tertiary/aromatic N) is 2. The molecule has 0 bridgehead atoms. The highest BCUT2D eigenvalue weighted by Crippen LogP contribution is 2.29. The summed E-state index contributed by atoms with van der Waals surface area (Å²) in [5.41, 5.74) is 2.88. The minimum Gasteiger partial charge on any atom is -0.377 e. The van der Waals surface area contributed by atoms with E-state index >= 15 is 0 Å². The maximum Gasteiger partial charge on any atom is 0.228 e. The highest BCUT2D eigenvalue weighted by atomic mass is 32.1. The van der Waals surface area contributed by atoms with Gasteiger partial charge in [-0.2, -0.15) is 0 Å². The summed E-state index contributed by atoms with van der Waals surface area (Å²) in [6.07, 6.45) is 6.73. The summed E-state index contributed by atoms with van der Waals surface area (Å²) >= 11 is 1.61. The second kappa shape index (κ2) is 11.2. The van der Waals surface area contributed by atoms with Gasteiger partial charge in [0.25, 0.3) is 0 Å². The molecule has 1 saturated carbocycles. The summed E-state index contributed by atoms with van der Waals surface area (Å²) in [4.78, 5) is 31.1. The number of anilines is 2. The van der Waals surface area contributed by atoms with Crippen LogP contribution in [-0.4, -0.2) is 50.1 Å². The molecule has 2 aromatic rings. The lowest BCUT2D eigenvalue weighted by Gasteiger charge is -2.28. The Morgan fingerprint density at radius 3 is 2.61 bits per heavy atom. The molecule has 178 valence electrons. The van der Waals surface area contributed by atoms with Crippen molar-refractivity contribution < 1.29 is 14.3 Å². The highest BCUT2D eigenvalue weighted by Gasteiger charge is 2.25. The van der Waals surface area contributed by atoms with Crippen molar-refractivity contribution in [3.05, 3.63) is 46.2 Å². The lowest BCUT2D eigenvalue weighted by molar-refractivity contribution is -0.132. The van der Waals surface area contributed by atoms with Crippen LogP contribution in [0.2, 0.25) is 0 Å². The van der Waals surface area contributed by atoms with Gasteiger partial charge in [0, 0.05) is 56.0 Å². The Bertz CT molecular complexity index is 932. The zero-order valence-corrected chi connectivity index (χ0v) is 20.5. The third-order valence-corrected chi connectivity index (χ3v) is 7.50. The normalized spacial score (nSPS) is 18.4. The fraction of sp³-hybridized carbons (Fsp3) is 0.538. The van der Waals surface area contributed by atoms with Crippen LogP contribution in [0.15, 0.2) is 35.7 Å². The van der Waals surface area contributed by atoms with E-state index in [0.29, 0.717) is 19.5 Å². The van der Waals surface area contributed by atoms with Crippen molar-refractivity contribution >= 4 is 34.5 Å². The molecule has 2 amide bonds. The van der Waals surface area contributed by atoms with Crippen molar-refractivity contribution in [2.24, 2.45) is 5.92 Å². The van der Waals surface area contributed by atoms with Gasteiger partial charge in [-0.25, -0.2) is 0 Å². The van der Waals surface area contributed by atoms with E-state index < -0.39 is 0 Å². The van der Waals surface area contributed by atoms with Gasteiger partial charge in [-0.1, -0.05) is 18.9 Å². The van der Waals surface area contributed by atoms with Crippen LogP contribution in [0.4, 0.5) is 11.4 Å². The average molecular weight is 470 g/mol. The molecule has 1 saturated heterocycles. The number of carbonyl (C=O) groups is 2. The lowest BCUT2D eigenvalue weighted by Crippen LogP contribution is -2.38. The number of rotatable bonds is 9. The topological polar surface area (TPSA) is 61.9 Å². The molecule has 1 unspecified atom stereocenters. The molecule has 7 heteroatoms. The third kappa shape index (κ3) is 6.36. The van der Waals surface area contributed by atoms with Crippen molar-refractivity contribution in [3.8, 4) is 0 Å². The molecule has 2 aliphatic rings. The van der Waals surface area contributed by atoms with Gasteiger partial charge in [-0.3, -0.25) is 9.59 Å². The Labute approximate surface area is 200 Å². The van der Waals surface area contributed by atoms with E-state index in [1.54, 1.807) is 11.3 Å². The van der Waals surface area contributed by atoms with Crippen molar-refractivity contribution in [1.82, 2.24) is 4.90 Å². The minimum atomic E-state index is 0.0883. The predicted octanol–water partition coefficient (Wildman–Crippen LogP) is 4.69. The number of nitrogens with one attached hydrogen (secondary N) is 1. The molecular formula is C26H35N3O3S. The van der Waals surface area contributed by atoms with Crippen LogP contribution >= 0.6 is 11.3 Å².